The Kier molecular flexibility index (Phi) is 75.3. The number of nitrogens with one attached hydrogen (secondary N) is 1. The quantitative estimate of drug-likeness (QED) is 0.0320. The summed E-state index contributed by atoms with van der Waals surface area (Å²) in [5, 5.41) is 23.3. The number of amides is 1. The van der Waals surface area contributed by atoms with Gasteiger partial charge in [-0.1, -0.05) is 411 Å². The fourth-order valence-corrected chi connectivity index (χ4v) is 12.9. The van der Waals surface area contributed by atoms with E-state index in [1.54, 1.807) is 6.08 Å². The smallest absolute Gasteiger partial charge is 0.305 e. The summed E-state index contributed by atoms with van der Waals surface area (Å²) in [6, 6.07) is -0.629. The molecule has 0 aromatic carbocycles. The first kappa shape index (κ1) is 85.3. The molecule has 6 nitrogen and oxygen atoms in total. The summed E-state index contributed by atoms with van der Waals surface area (Å²) in [5.41, 5.74) is 0. The second kappa shape index (κ2) is 76.8. The topological polar surface area (TPSA) is 95.9 Å². The summed E-state index contributed by atoms with van der Waals surface area (Å²) < 4.78 is 5.52. The second-order valence-corrected chi connectivity index (χ2v) is 27.8. The molecular weight excluding hydrogens is 1070 g/mol. The van der Waals surface area contributed by atoms with E-state index in [4.69, 9.17) is 4.74 Å². The zero-order valence-corrected chi connectivity index (χ0v) is 59.3. The van der Waals surface area contributed by atoms with Crippen molar-refractivity contribution in [2.75, 3.05) is 13.2 Å². The minimum absolute atomic E-state index is 0.0215. The predicted molar refractivity (Wildman–Crippen MR) is 384 cm³/mol. The first-order chi connectivity index (χ1) is 43.0. The van der Waals surface area contributed by atoms with Crippen molar-refractivity contribution in [1.29, 1.82) is 0 Å². The number of carbonyl (C=O) groups is 2. The summed E-state index contributed by atoms with van der Waals surface area (Å²) >= 11 is 0. The lowest BCUT2D eigenvalue weighted by Gasteiger charge is -2.20. The van der Waals surface area contributed by atoms with Crippen molar-refractivity contribution in [3.63, 3.8) is 0 Å². The molecule has 516 valence electrons. The fraction of sp³-hybridized carbons (Fsp3) is 0.926. The number of aliphatic hydroxyl groups excluding tert-OH is 2. The third kappa shape index (κ3) is 73.3. The molecule has 87 heavy (non-hydrogen) atoms. The molecule has 3 N–H and O–H groups in total. The SMILES string of the molecule is CCCCCCCCCCCCCCCCCCCCCCC/C=C/C(O)C(CO)NC(=O)CCCCCCCCCCCCCC/C=C\CCCCCCCCCCCCCCOC(=O)CCCCCCCCCCCCCCCCCCCCC. The minimum atomic E-state index is -0.846. The Hall–Kier alpha value is -1.66. The Morgan fingerprint density at radius 2 is 0.540 bits per heavy atom. The number of unbranched alkanes of at least 4 members (excludes halogenated alkanes) is 63. The number of hydrogen-bond acceptors (Lipinski definition) is 5. The number of carbonyl (C=O) groups excluding carboxylic acids is 2. The van der Waals surface area contributed by atoms with E-state index in [1.807, 2.05) is 6.08 Å². The highest BCUT2D eigenvalue weighted by atomic mass is 16.5. The van der Waals surface area contributed by atoms with Crippen LogP contribution in [0.15, 0.2) is 24.3 Å². The third-order valence-corrected chi connectivity index (χ3v) is 19.0. The number of hydrogen-bond donors (Lipinski definition) is 3. The Bertz CT molecular complexity index is 1360. The van der Waals surface area contributed by atoms with Crippen molar-refractivity contribution < 1.29 is 24.5 Å². The van der Waals surface area contributed by atoms with Gasteiger partial charge in [0.25, 0.3) is 0 Å². The highest BCUT2D eigenvalue weighted by Crippen LogP contribution is 2.20. The summed E-state index contributed by atoms with van der Waals surface area (Å²) in [6.45, 7) is 4.96. The summed E-state index contributed by atoms with van der Waals surface area (Å²) in [5.74, 6) is -0.0413. The number of ether oxygens (including phenoxy) is 1. The Morgan fingerprint density at radius 3 is 0.816 bits per heavy atom. The minimum Gasteiger partial charge on any atom is -0.466 e. The average molecular weight is 1230 g/mol. The van der Waals surface area contributed by atoms with Gasteiger partial charge >= 0.3 is 5.97 Å². The number of esters is 1. The largest absolute Gasteiger partial charge is 0.466 e. The summed E-state index contributed by atoms with van der Waals surface area (Å²) in [6.07, 6.45) is 98.7. The van der Waals surface area contributed by atoms with Gasteiger partial charge in [-0.3, -0.25) is 9.59 Å². The summed E-state index contributed by atoms with van der Waals surface area (Å²) in [7, 11) is 0. The molecule has 0 spiro atoms. The maximum atomic E-state index is 12.5. The normalized spacial score (nSPS) is 12.6. The van der Waals surface area contributed by atoms with E-state index in [2.05, 4.69) is 31.3 Å². The van der Waals surface area contributed by atoms with Crippen LogP contribution in [-0.2, 0) is 14.3 Å². The lowest BCUT2D eigenvalue weighted by Crippen LogP contribution is -2.45. The van der Waals surface area contributed by atoms with E-state index in [9.17, 15) is 19.8 Å². The average Bonchev–Trinajstić information content (AvgIpc) is 3.54. The molecule has 0 radical (unpaired) electrons. The van der Waals surface area contributed by atoms with Gasteiger partial charge in [-0.15, -0.1) is 0 Å². The van der Waals surface area contributed by atoms with E-state index in [1.165, 1.54) is 392 Å². The lowest BCUT2D eigenvalue weighted by molar-refractivity contribution is -0.143. The number of rotatable bonds is 76. The molecule has 0 saturated heterocycles. The molecule has 2 atom stereocenters. The zero-order chi connectivity index (χ0) is 62.8. The van der Waals surface area contributed by atoms with Gasteiger partial charge in [0, 0.05) is 12.8 Å². The maximum absolute atomic E-state index is 12.5. The van der Waals surface area contributed by atoms with Gasteiger partial charge in [0.05, 0.1) is 25.4 Å². The first-order valence-corrected chi connectivity index (χ1v) is 40.1. The molecule has 0 rings (SSSR count). The van der Waals surface area contributed by atoms with E-state index >= 15 is 0 Å². The zero-order valence-electron chi connectivity index (χ0n) is 59.3. The molecule has 0 aliphatic carbocycles. The number of aliphatic hydroxyl groups is 2. The molecule has 0 heterocycles. The molecule has 0 fully saturated rings. The van der Waals surface area contributed by atoms with Gasteiger partial charge < -0.3 is 20.3 Å². The Labute approximate surface area is 545 Å². The van der Waals surface area contributed by atoms with Crippen LogP contribution in [0.1, 0.15) is 457 Å². The van der Waals surface area contributed by atoms with Crippen LogP contribution in [-0.4, -0.2) is 47.4 Å². The van der Waals surface area contributed by atoms with Crippen molar-refractivity contribution in [1.82, 2.24) is 5.32 Å². The monoisotopic (exact) mass is 1220 g/mol. The van der Waals surface area contributed by atoms with E-state index in [0.717, 1.165) is 38.5 Å². The Morgan fingerprint density at radius 1 is 0.310 bits per heavy atom. The van der Waals surface area contributed by atoms with Crippen LogP contribution in [0.4, 0.5) is 0 Å². The lowest BCUT2D eigenvalue weighted by atomic mass is 10.0. The van der Waals surface area contributed by atoms with Crippen LogP contribution >= 0.6 is 0 Å². The molecule has 0 aromatic rings. The van der Waals surface area contributed by atoms with Crippen molar-refractivity contribution in [2.24, 2.45) is 0 Å². The molecule has 1 amide bonds. The van der Waals surface area contributed by atoms with Gasteiger partial charge in [-0.25, -0.2) is 0 Å². The van der Waals surface area contributed by atoms with Crippen LogP contribution in [0.5, 0.6) is 0 Å². The second-order valence-electron chi connectivity index (χ2n) is 27.8. The molecule has 0 bridgehead atoms. The fourth-order valence-electron chi connectivity index (χ4n) is 12.9. The standard InChI is InChI=1S/C81H157NO5/c1-3-5-7-9-11-13-15-17-19-21-23-24-31-34-38-41-45-49-53-57-61-65-69-73-79(84)78(77-83)82-80(85)74-70-66-62-58-54-50-46-42-39-35-32-29-27-25-26-28-30-33-36-40-44-48-52-56-60-64-68-72-76-87-81(86)75-71-67-63-59-55-51-47-43-37-22-20-18-16-14-12-10-8-6-4-2/h25-26,69,73,78-79,83-84H,3-24,27-68,70-72,74-77H2,1-2H3,(H,82,85)/b26-25-,73-69+. The van der Waals surface area contributed by atoms with Crippen molar-refractivity contribution in [2.45, 2.75) is 469 Å². The Balaban J connectivity index is 3.38. The molecule has 0 saturated carbocycles. The van der Waals surface area contributed by atoms with Crippen molar-refractivity contribution >= 4 is 11.9 Å². The van der Waals surface area contributed by atoms with Crippen LogP contribution in [0.2, 0.25) is 0 Å². The van der Waals surface area contributed by atoms with Gasteiger partial charge in [0.2, 0.25) is 5.91 Å². The summed E-state index contributed by atoms with van der Waals surface area (Å²) in [4.78, 5) is 24.7. The van der Waals surface area contributed by atoms with Crippen LogP contribution in [0, 0.1) is 0 Å². The predicted octanol–water partition coefficient (Wildman–Crippen LogP) is 26.4. The van der Waals surface area contributed by atoms with Crippen molar-refractivity contribution in [3.8, 4) is 0 Å². The van der Waals surface area contributed by atoms with Crippen LogP contribution in [0.25, 0.3) is 0 Å². The molecule has 0 aromatic heterocycles. The van der Waals surface area contributed by atoms with Gasteiger partial charge in [0.15, 0.2) is 0 Å². The highest BCUT2D eigenvalue weighted by molar-refractivity contribution is 5.76. The van der Waals surface area contributed by atoms with E-state index < -0.39 is 12.1 Å². The van der Waals surface area contributed by atoms with E-state index in [-0.39, 0.29) is 18.5 Å². The molecular formula is C81H157NO5. The van der Waals surface area contributed by atoms with Crippen LogP contribution in [0.3, 0.4) is 0 Å². The van der Waals surface area contributed by atoms with Gasteiger partial charge in [-0.2, -0.15) is 0 Å². The van der Waals surface area contributed by atoms with Crippen LogP contribution < -0.4 is 5.32 Å². The third-order valence-electron chi connectivity index (χ3n) is 19.0. The van der Waals surface area contributed by atoms with Crippen molar-refractivity contribution in [3.05, 3.63) is 24.3 Å². The molecule has 6 heteroatoms. The van der Waals surface area contributed by atoms with Gasteiger partial charge in [0.1, 0.15) is 0 Å². The first-order valence-electron chi connectivity index (χ1n) is 40.1. The molecule has 0 aliphatic rings. The highest BCUT2D eigenvalue weighted by Gasteiger charge is 2.18. The molecule has 2 unspecified atom stereocenters. The van der Waals surface area contributed by atoms with Gasteiger partial charge in [-0.05, 0) is 57.8 Å². The number of allylic oxidation sites excluding steroid dienone is 3. The molecule has 0 aliphatic heterocycles. The van der Waals surface area contributed by atoms with E-state index in [0.29, 0.717) is 19.4 Å². The maximum Gasteiger partial charge on any atom is 0.305 e.